The zero-order valence-corrected chi connectivity index (χ0v) is 12.2. The number of rotatable bonds is 7. The molecule has 0 aliphatic carbocycles. The van der Waals surface area contributed by atoms with Gasteiger partial charge >= 0.3 is 0 Å². The summed E-state index contributed by atoms with van der Waals surface area (Å²) >= 11 is 0. The number of nitrogens with zero attached hydrogens (tertiary/aromatic N) is 1. The molecule has 0 radical (unpaired) electrons. The predicted octanol–water partition coefficient (Wildman–Crippen LogP) is 4.05. The van der Waals surface area contributed by atoms with Crippen LogP contribution in [0.2, 0.25) is 0 Å². The number of aliphatic hydroxyl groups is 1. The van der Waals surface area contributed by atoms with Crippen LogP contribution in [0.3, 0.4) is 0 Å². The van der Waals surface area contributed by atoms with Crippen LogP contribution >= 0.6 is 0 Å². The van der Waals surface area contributed by atoms with Crippen molar-refractivity contribution in [3.8, 4) is 6.07 Å². The first-order chi connectivity index (χ1) is 10.3. The molecule has 2 rings (SSSR count). The molecule has 0 saturated carbocycles. The molecule has 21 heavy (non-hydrogen) atoms. The van der Waals surface area contributed by atoms with Crippen LogP contribution in [-0.4, -0.2) is 11.7 Å². The molecule has 0 unspecified atom stereocenters. The molecular weight excluding hydrogens is 258 g/mol. The molecule has 0 aliphatic rings. The van der Waals surface area contributed by atoms with Crippen LogP contribution in [0.4, 0.5) is 0 Å². The van der Waals surface area contributed by atoms with Gasteiger partial charge in [0.15, 0.2) is 0 Å². The standard InChI is InChI=1S/C19H21NO/c20-15-7-13-19(14-8-16-21,17-9-3-1-4-10-17)18-11-5-2-6-12-18/h1-6,9-12,21H,7-8,13-14,16H2. The van der Waals surface area contributed by atoms with Crippen molar-refractivity contribution in [3.05, 3.63) is 71.8 Å². The maximum atomic E-state index is 9.28. The first-order valence-corrected chi connectivity index (χ1v) is 7.42. The second kappa shape index (κ2) is 7.61. The van der Waals surface area contributed by atoms with E-state index in [1.807, 2.05) is 36.4 Å². The molecule has 0 heterocycles. The van der Waals surface area contributed by atoms with Gasteiger partial charge in [0.1, 0.15) is 0 Å². The van der Waals surface area contributed by atoms with Gasteiger partial charge in [-0.1, -0.05) is 60.7 Å². The van der Waals surface area contributed by atoms with Crippen LogP contribution in [0.1, 0.15) is 36.8 Å². The summed E-state index contributed by atoms with van der Waals surface area (Å²) in [4.78, 5) is 0. The van der Waals surface area contributed by atoms with Crippen molar-refractivity contribution in [2.45, 2.75) is 31.1 Å². The summed E-state index contributed by atoms with van der Waals surface area (Å²) in [5.74, 6) is 0. The van der Waals surface area contributed by atoms with Crippen molar-refractivity contribution in [2.24, 2.45) is 0 Å². The first-order valence-electron chi connectivity index (χ1n) is 7.42. The fourth-order valence-corrected chi connectivity index (χ4v) is 3.03. The summed E-state index contributed by atoms with van der Waals surface area (Å²) in [6, 6.07) is 23.0. The van der Waals surface area contributed by atoms with Crippen LogP contribution in [0.5, 0.6) is 0 Å². The highest BCUT2D eigenvalue weighted by Crippen LogP contribution is 2.40. The van der Waals surface area contributed by atoms with E-state index in [0.29, 0.717) is 6.42 Å². The topological polar surface area (TPSA) is 44.0 Å². The molecule has 2 aromatic rings. The van der Waals surface area contributed by atoms with Crippen molar-refractivity contribution < 1.29 is 5.11 Å². The minimum absolute atomic E-state index is 0.175. The Balaban J connectivity index is 2.51. The molecule has 0 bridgehead atoms. The fraction of sp³-hybridized carbons (Fsp3) is 0.316. The van der Waals surface area contributed by atoms with E-state index in [0.717, 1.165) is 19.3 Å². The average molecular weight is 279 g/mol. The molecule has 2 heteroatoms. The Bertz CT molecular complexity index is 532. The van der Waals surface area contributed by atoms with Gasteiger partial charge in [0.25, 0.3) is 0 Å². The summed E-state index contributed by atoms with van der Waals surface area (Å²) in [5, 5.41) is 18.3. The van der Waals surface area contributed by atoms with Crippen molar-refractivity contribution in [2.75, 3.05) is 6.61 Å². The summed E-state index contributed by atoms with van der Waals surface area (Å²) in [6.07, 6.45) is 2.86. The monoisotopic (exact) mass is 279 g/mol. The molecule has 1 N–H and O–H groups in total. The summed E-state index contributed by atoms with van der Waals surface area (Å²) < 4.78 is 0. The van der Waals surface area contributed by atoms with Crippen molar-refractivity contribution in [1.82, 2.24) is 0 Å². The van der Waals surface area contributed by atoms with Gasteiger partial charge in [-0.2, -0.15) is 5.26 Å². The predicted molar refractivity (Wildman–Crippen MR) is 84.8 cm³/mol. The zero-order valence-electron chi connectivity index (χ0n) is 12.2. The maximum absolute atomic E-state index is 9.28. The smallest absolute Gasteiger partial charge is 0.0622 e. The third kappa shape index (κ3) is 3.51. The SMILES string of the molecule is N#CCCC(CCCO)(c1ccccc1)c1ccccc1. The van der Waals surface area contributed by atoms with Gasteiger partial charge in [-0.25, -0.2) is 0 Å². The van der Waals surface area contributed by atoms with E-state index in [-0.39, 0.29) is 12.0 Å². The van der Waals surface area contributed by atoms with E-state index < -0.39 is 0 Å². The summed E-state index contributed by atoms with van der Waals surface area (Å²) in [5.41, 5.74) is 2.25. The van der Waals surface area contributed by atoms with E-state index in [1.54, 1.807) is 0 Å². The number of hydrogen-bond donors (Lipinski definition) is 1. The molecule has 2 nitrogen and oxygen atoms in total. The largest absolute Gasteiger partial charge is 0.396 e. The molecule has 0 atom stereocenters. The van der Waals surface area contributed by atoms with Crippen molar-refractivity contribution >= 4 is 0 Å². The number of aliphatic hydroxyl groups excluding tert-OH is 1. The molecule has 0 saturated heterocycles. The Morgan fingerprint density at radius 3 is 1.81 bits per heavy atom. The van der Waals surface area contributed by atoms with Gasteiger partial charge < -0.3 is 5.11 Å². The average Bonchev–Trinajstić information content (AvgIpc) is 2.57. The Morgan fingerprint density at radius 1 is 0.857 bits per heavy atom. The van der Waals surface area contributed by atoms with Gasteiger partial charge in [-0.3, -0.25) is 0 Å². The lowest BCUT2D eigenvalue weighted by atomic mass is 9.68. The molecular formula is C19H21NO. The van der Waals surface area contributed by atoms with Gasteiger partial charge in [0, 0.05) is 18.4 Å². The minimum Gasteiger partial charge on any atom is -0.396 e. The van der Waals surface area contributed by atoms with E-state index in [9.17, 15) is 5.11 Å². The maximum Gasteiger partial charge on any atom is 0.0622 e. The molecule has 2 aromatic carbocycles. The van der Waals surface area contributed by atoms with Gasteiger partial charge in [0.2, 0.25) is 0 Å². The normalized spacial score (nSPS) is 11.0. The van der Waals surface area contributed by atoms with Gasteiger partial charge in [-0.15, -0.1) is 0 Å². The third-order valence-corrected chi connectivity index (χ3v) is 4.08. The summed E-state index contributed by atoms with van der Waals surface area (Å²) in [7, 11) is 0. The van der Waals surface area contributed by atoms with Gasteiger partial charge in [0.05, 0.1) is 6.07 Å². The van der Waals surface area contributed by atoms with Crippen LogP contribution in [0, 0.1) is 11.3 Å². The second-order valence-corrected chi connectivity index (χ2v) is 5.30. The molecule has 108 valence electrons. The van der Waals surface area contributed by atoms with E-state index in [2.05, 4.69) is 30.3 Å². The van der Waals surface area contributed by atoms with Crippen molar-refractivity contribution in [3.63, 3.8) is 0 Å². The lowest BCUT2D eigenvalue weighted by molar-refractivity contribution is 0.266. The number of hydrogen-bond acceptors (Lipinski definition) is 2. The van der Waals surface area contributed by atoms with Crippen molar-refractivity contribution in [1.29, 1.82) is 5.26 Å². The van der Waals surface area contributed by atoms with Crippen LogP contribution in [0.15, 0.2) is 60.7 Å². The highest BCUT2D eigenvalue weighted by atomic mass is 16.2. The van der Waals surface area contributed by atoms with Crippen LogP contribution in [0.25, 0.3) is 0 Å². The lowest BCUT2D eigenvalue weighted by Crippen LogP contribution is -2.28. The summed E-state index contributed by atoms with van der Waals surface area (Å²) in [6.45, 7) is 0.175. The molecule has 0 aliphatic heterocycles. The highest BCUT2D eigenvalue weighted by molar-refractivity contribution is 5.39. The molecule has 0 fully saturated rings. The lowest BCUT2D eigenvalue weighted by Gasteiger charge is -2.35. The second-order valence-electron chi connectivity index (χ2n) is 5.30. The van der Waals surface area contributed by atoms with Crippen LogP contribution < -0.4 is 0 Å². The Hall–Kier alpha value is -2.11. The fourth-order valence-electron chi connectivity index (χ4n) is 3.03. The van der Waals surface area contributed by atoms with Crippen LogP contribution in [-0.2, 0) is 5.41 Å². The van der Waals surface area contributed by atoms with E-state index >= 15 is 0 Å². The molecule has 0 aromatic heterocycles. The third-order valence-electron chi connectivity index (χ3n) is 4.08. The Labute approximate surface area is 126 Å². The number of benzene rings is 2. The molecule has 0 spiro atoms. The Morgan fingerprint density at radius 2 is 1.38 bits per heavy atom. The first kappa shape index (κ1) is 15.3. The quantitative estimate of drug-likeness (QED) is 0.831. The minimum atomic E-state index is -0.193. The van der Waals surface area contributed by atoms with E-state index in [4.69, 9.17) is 5.26 Å². The van der Waals surface area contributed by atoms with E-state index in [1.165, 1.54) is 11.1 Å². The highest BCUT2D eigenvalue weighted by Gasteiger charge is 2.33. The molecule has 0 amide bonds. The number of nitriles is 1. The Kier molecular flexibility index (Phi) is 5.54. The zero-order chi connectivity index (χ0) is 15.0. The van der Waals surface area contributed by atoms with Gasteiger partial charge in [-0.05, 0) is 30.4 Å².